The number of ether oxygens (including phenoxy) is 2. The predicted molar refractivity (Wildman–Crippen MR) is 107 cm³/mol. The fraction of sp³-hybridized carbons (Fsp3) is 0.391. The summed E-state index contributed by atoms with van der Waals surface area (Å²) in [5.41, 5.74) is 2.13. The van der Waals surface area contributed by atoms with Gasteiger partial charge in [0.05, 0.1) is 19.1 Å². The van der Waals surface area contributed by atoms with Gasteiger partial charge in [-0.25, -0.2) is 0 Å². The maximum Gasteiger partial charge on any atom is 0.312 e. The Hall–Kier alpha value is -3.02. The average Bonchev–Trinajstić information content (AvgIpc) is 3.25. The van der Waals surface area contributed by atoms with Crippen LogP contribution in [0.25, 0.3) is 0 Å². The number of aliphatic carboxylic acids is 1. The number of carboxylic acids is 1. The third-order valence-electron chi connectivity index (χ3n) is 5.79. The van der Waals surface area contributed by atoms with Gasteiger partial charge in [-0.3, -0.25) is 9.59 Å². The molecule has 1 unspecified atom stereocenters. The second kappa shape index (κ2) is 8.15. The summed E-state index contributed by atoms with van der Waals surface area (Å²) in [6.07, 6.45) is 4.45. The summed E-state index contributed by atoms with van der Waals surface area (Å²) in [6, 6.07) is 12.6. The Morgan fingerprint density at radius 3 is 2.55 bits per heavy atom. The van der Waals surface area contributed by atoms with Crippen molar-refractivity contribution in [2.75, 3.05) is 13.7 Å². The van der Waals surface area contributed by atoms with Crippen LogP contribution in [0.4, 0.5) is 0 Å². The number of carbonyl (C=O) groups excluding carboxylic acids is 1. The van der Waals surface area contributed by atoms with Gasteiger partial charge >= 0.3 is 5.97 Å². The summed E-state index contributed by atoms with van der Waals surface area (Å²) < 4.78 is 11.5. The summed E-state index contributed by atoms with van der Waals surface area (Å²) >= 11 is 0. The highest BCUT2D eigenvalue weighted by atomic mass is 16.5. The second-order valence-electron chi connectivity index (χ2n) is 7.67. The lowest BCUT2D eigenvalue weighted by Crippen LogP contribution is -2.40. The van der Waals surface area contributed by atoms with E-state index in [1.165, 1.54) is 0 Å². The van der Waals surface area contributed by atoms with Gasteiger partial charge in [-0.05, 0) is 55.0 Å². The number of methoxy groups -OCH3 is 1. The minimum atomic E-state index is -0.921. The van der Waals surface area contributed by atoms with Crippen LogP contribution in [0.5, 0.6) is 11.5 Å². The molecule has 0 spiro atoms. The first-order valence-corrected chi connectivity index (χ1v) is 10.0. The van der Waals surface area contributed by atoms with Gasteiger partial charge in [0.25, 0.3) is 5.91 Å². The zero-order valence-corrected chi connectivity index (χ0v) is 16.5. The van der Waals surface area contributed by atoms with Crippen LogP contribution in [0, 0.1) is 0 Å². The molecule has 2 aromatic carbocycles. The molecule has 29 heavy (non-hydrogen) atoms. The lowest BCUT2D eigenvalue weighted by molar-refractivity contribution is -0.139. The summed E-state index contributed by atoms with van der Waals surface area (Å²) in [6.45, 7) is 0.541. The molecule has 1 atom stereocenters. The number of benzene rings is 2. The monoisotopic (exact) mass is 395 g/mol. The Morgan fingerprint density at radius 1 is 1.07 bits per heavy atom. The molecule has 0 aromatic heterocycles. The van der Waals surface area contributed by atoms with E-state index in [-0.39, 0.29) is 18.6 Å². The highest BCUT2D eigenvalue weighted by molar-refractivity contribution is 5.95. The largest absolute Gasteiger partial charge is 0.493 e. The summed E-state index contributed by atoms with van der Waals surface area (Å²) in [5, 5.41) is 9.65. The van der Waals surface area contributed by atoms with E-state index in [9.17, 15) is 14.7 Å². The Labute approximate surface area is 170 Å². The van der Waals surface area contributed by atoms with Gasteiger partial charge in [0, 0.05) is 18.7 Å². The summed E-state index contributed by atoms with van der Waals surface area (Å²) in [7, 11) is 1.58. The first-order valence-electron chi connectivity index (χ1n) is 10.0. The van der Waals surface area contributed by atoms with Gasteiger partial charge in [0.15, 0.2) is 11.5 Å². The van der Waals surface area contributed by atoms with Crippen molar-refractivity contribution in [1.29, 1.82) is 0 Å². The highest BCUT2D eigenvalue weighted by Crippen LogP contribution is 2.34. The zero-order chi connectivity index (χ0) is 20.4. The van der Waals surface area contributed by atoms with E-state index in [0.717, 1.165) is 36.8 Å². The van der Waals surface area contributed by atoms with Gasteiger partial charge in [0.1, 0.15) is 0 Å². The summed E-state index contributed by atoms with van der Waals surface area (Å²) in [5.74, 6) is -0.686. The Balaban J connectivity index is 1.60. The minimum absolute atomic E-state index is 0.146. The molecule has 152 valence electrons. The molecule has 0 saturated heterocycles. The van der Waals surface area contributed by atoms with Crippen LogP contribution in [-0.4, -0.2) is 41.6 Å². The van der Waals surface area contributed by atoms with Crippen molar-refractivity contribution in [1.82, 2.24) is 4.90 Å². The quantitative estimate of drug-likeness (QED) is 0.832. The van der Waals surface area contributed by atoms with E-state index in [2.05, 4.69) is 0 Å². The number of amides is 1. The Kier molecular flexibility index (Phi) is 5.43. The van der Waals surface area contributed by atoms with Crippen molar-refractivity contribution < 1.29 is 24.2 Å². The lowest BCUT2D eigenvalue weighted by Gasteiger charge is -2.33. The van der Waals surface area contributed by atoms with Crippen molar-refractivity contribution in [3.8, 4) is 11.5 Å². The molecular formula is C23H25NO5. The van der Waals surface area contributed by atoms with Crippen molar-refractivity contribution >= 4 is 11.9 Å². The Bertz CT molecular complexity index is 919. The van der Waals surface area contributed by atoms with Crippen LogP contribution in [0.3, 0.4) is 0 Å². The van der Waals surface area contributed by atoms with Gasteiger partial charge in [-0.15, -0.1) is 0 Å². The molecule has 1 aliphatic heterocycles. The third kappa shape index (κ3) is 3.92. The number of rotatable bonds is 5. The summed E-state index contributed by atoms with van der Waals surface area (Å²) in [4.78, 5) is 26.6. The third-order valence-corrected chi connectivity index (χ3v) is 5.79. The standard InChI is InChI=1S/C23H25NO5/c1-28-20-11-10-15(12-21(20)29-17-7-3-4-8-17)22(25)24-13-16-6-2-5-9-18(16)19(14-24)23(26)27/h2,5-6,9-12,17,19H,3-4,7-8,13-14H2,1H3,(H,26,27). The smallest absolute Gasteiger partial charge is 0.312 e. The number of carbonyl (C=O) groups is 2. The van der Waals surface area contributed by atoms with Crippen LogP contribution in [0.1, 0.15) is 53.1 Å². The van der Waals surface area contributed by atoms with Gasteiger partial charge in [-0.2, -0.15) is 0 Å². The van der Waals surface area contributed by atoms with E-state index < -0.39 is 11.9 Å². The molecule has 1 amide bonds. The molecule has 1 fully saturated rings. The highest BCUT2D eigenvalue weighted by Gasteiger charge is 2.33. The van der Waals surface area contributed by atoms with E-state index in [1.807, 2.05) is 24.3 Å². The zero-order valence-electron chi connectivity index (χ0n) is 16.5. The van der Waals surface area contributed by atoms with Crippen LogP contribution in [-0.2, 0) is 11.3 Å². The maximum atomic E-state index is 13.2. The van der Waals surface area contributed by atoms with Crippen LogP contribution >= 0.6 is 0 Å². The number of hydrogen-bond donors (Lipinski definition) is 1. The molecule has 1 heterocycles. The molecule has 6 heteroatoms. The second-order valence-corrected chi connectivity index (χ2v) is 7.67. The molecule has 1 saturated carbocycles. The van der Waals surface area contributed by atoms with Crippen molar-refractivity contribution in [3.05, 3.63) is 59.2 Å². The number of fused-ring (bicyclic) bond motifs is 1. The van der Waals surface area contributed by atoms with E-state index in [0.29, 0.717) is 23.6 Å². The topological polar surface area (TPSA) is 76.1 Å². The molecule has 2 aliphatic rings. The normalized spacial score (nSPS) is 18.9. The first kappa shape index (κ1) is 19.3. The van der Waals surface area contributed by atoms with Gasteiger partial charge < -0.3 is 19.5 Å². The molecule has 0 radical (unpaired) electrons. The number of hydrogen-bond acceptors (Lipinski definition) is 4. The molecule has 4 rings (SSSR count). The van der Waals surface area contributed by atoms with Gasteiger partial charge in [-0.1, -0.05) is 24.3 Å². The number of carboxylic acid groups (broad SMARTS) is 1. The molecule has 6 nitrogen and oxygen atoms in total. The Morgan fingerprint density at radius 2 is 1.83 bits per heavy atom. The van der Waals surface area contributed by atoms with Crippen LogP contribution in [0.15, 0.2) is 42.5 Å². The molecule has 1 N–H and O–H groups in total. The SMILES string of the molecule is COc1ccc(C(=O)N2Cc3ccccc3C(C(=O)O)C2)cc1OC1CCCC1. The molecule has 0 bridgehead atoms. The van der Waals surface area contributed by atoms with Crippen LogP contribution < -0.4 is 9.47 Å². The molecule has 2 aromatic rings. The number of nitrogens with zero attached hydrogens (tertiary/aromatic N) is 1. The van der Waals surface area contributed by atoms with Crippen LogP contribution in [0.2, 0.25) is 0 Å². The predicted octanol–water partition coefficient (Wildman–Crippen LogP) is 3.84. The lowest BCUT2D eigenvalue weighted by atomic mass is 9.89. The fourth-order valence-corrected chi connectivity index (χ4v) is 4.24. The minimum Gasteiger partial charge on any atom is -0.493 e. The maximum absolute atomic E-state index is 13.2. The van der Waals surface area contributed by atoms with E-state index in [1.54, 1.807) is 30.2 Å². The van der Waals surface area contributed by atoms with Crippen molar-refractivity contribution in [3.63, 3.8) is 0 Å². The first-order chi connectivity index (χ1) is 14.1. The van der Waals surface area contributed by atoms with Crippen molar-refractivity contribution in [2.24, 2.45) is 0 Å². The average molecular weight is 395 g/mol. The fourth-order valence-electron chi connectivity index (χ4n) is 4.24. The van der Waals surface area contributed by atoms with Gasteiger partial charge in [0.2, 0.25) is 0 Å². The van der Waals surface area contributed by atoms with E-state index >= 15 is 0 Å². The molecular weight excluding hydrogens is 370 g/mol. The van der Waals surface area contributed by atoms with Crippen molar-refractivity contribution in [2.45, 2.75) is 44.2 Å². The van der Waals surface area contributed by atoms with E-state index in [4.69, 9.17) is 9.47 Å². The molecule has 1 aliphatic carbocycles.